The molecule has 482 valence electrons. The van der Waals surface area contributed by atoms with Crippen LogP contribution in [0, 0.1) is 0 Å². The number of rotatable bonds is 12. The molecule has 0 amide bonds. The molecule has 0 fully saturated rings. The zero-order valence-electron chi connectivity index (χ0n) is 57.1. The Morgan fingerprint density at radius 2 is 0.269 bits per heavy atom. The molecule has 0 heteroatoms. The maximum Gasteiger partial charge on any atom is -0.00139 e. The number of hydrogen-bond acceptors (Lipinski definition) is 0. The van der Waals surface area contributed by atoms with Crippen molar-refractivity contribution in [3.63, 3.8) is 0 Å². The summed E-state index contributed by atoms with van der Waals surface area (Å²) >= 11 is 0. The quantitative estimate of drug-likeness (QED) is 0.107. The normalized spacial score (nSPS) is 11.7. The van der Waals surface area contributed by atoms with E-state index in [1.807, 2.05) is 0 Å². The maximum atomic E-state index is 2.52. The molecule has 104 heavy (non-hydrogen) atoms. The summed E-state index contributed by atoms with van der Waals surface area (Å²) < 4.78 is 0. The van der Waals surface area contributed by atoms with Crippen molar-refractivity contribution in [3.05, 3.63) is 400 Å². The molecule has 0 spiro atoms. The van der Waals surface area contributed by atoms with Crippen LogP contribution in [0.15, 0.2) is 400 Å². The molecule has 20 aromatic carbocycles. The number of benzene rings is 20. The lowest BCUT2D eigenvalue weighted by molar-refractivity contribution is 1.57. The van der Waals surface area contributed by atoms with Gasteiger partial charge in [0.25, 0.3) is 0 Å². The molecule has 0 aromatic heterocycles. The Morgan fingerprint density at radius 3 is 0.490 bits per heavy atom. The van der Waals surface area contributed by atoms with Gasteiger partial charge in [0, 0.05) is 0 Å². The lowest BCUT2D eigenvalue weighted by atomic mass is 9.79. The van der Waals surface area contributed by atoms with E-state index in [9.17, 15) is 0 Å². The number of hydrogen-bond donors (Lipinski definition) is 0. The molecule has 0 N–H and O–H groups in total. The van der Waals surface area contributed by atoms with Crippen molar-refractivity contribution in [2.45, 2.75) is 0 Å². The van der Waals surface area contributed by atoms with Gasteiger partial charge in [0.2, 0.25) is 0 Å². The zero-order valence-corrected chi connectivity index (χ0v) is 57.1. The van der Waals surface area contributed by atoms with Crippen molar-refractivity contribution in [2.24, 2.45) is 0 Å². The Balaban J connectivity index is 0.814. The van der Waals surface area contributed by atoms with Crippen molar-refractivity contribution in [2.75, 3.05) is 0 Å². The lowest BCUT2D eigenvalue weighted by Gasteiger charge is -2.24. The third-order valence-electron chi connectivity index (χ3n) is 21.9. The highest BCUT2D eigenvalue weighted by atomic mass is 14.3. The first-order valence-corrected chi connectivity index (χ1v) is 36.1. The highest BCUT2D eigenvalue weighted by molar-refractivity contribution is 6.33. The van der Waals surface area contributed by atoms with Crippen LogP contribution in [0.25, 0.3) is 209 Å². The second kappa shape index (κ2) is 25.3. The third kappa shape index (κ3) is 10.6. The van der Waals surface area contributed by atoms with Gasteiger partial charge >= 0.3 is 0 Å². The molecule has 0 nitrogen and oxygen atoms in total. The Kier molecular flexibility index (Phi) is 14.7. The summed E-state index contributed by atoms with van der Waals surface area (Å²) in [5.41, 5.74) is 28.4. The van der Waals surface area contributed by atoms with Crippen LogP contribution in [0.5, 0.6) is 0 Å². The smallest absolute Gasteiger partial charge is 0.00139 e. The van der Waals surface area contributed by atoms with Crippen molar-refractivity contribution < 1.29 is 0 Å². The molecule has 0 saturated heterocycles. The summed E-state index contributed by atoms with van der Waals surface area (Å²) in [5.74, 6) is 0. The average Bonchev–Trinajstić information content (AvgIpc) is 0.701. The van der Waals surface area contributed by atoms with Crippen LogP contribution in [-0.4, -0.2) is 0 Å². The Bertz CT molecular complexity index is 5920. The fourth-order valence-electron chi connectivity index (χ4n) is 16.6. The van der Waals surface area contributed by atoms with Crippen molar-refractivity contribution >= 4 is 75.4 Å². The molecule has 0 aliphatic rings. The largest absolute Gasteiger partial charge is 0.0616 e. The Hall–Kier alpha value is -13.5. The van der Waals surface area contributed by atoms with E-state index in [1.54, 1.807) is 0 Å². The summed E-state index contributed by atoms with van der Waals surface area (Å²) in [6.07, 6.45) is 0. The fourth-order valence-corrected chi connectivity index (χ4v) is 16.6. The average molecular weight is 1320 g/mol. The maximum absolute atomic E-state index is 2.52. The minimum Gasteiger partial charge on any atom is -0.0616 e. The van der Waals surface area contributed by atoms with Crippen LogP contribution in [0.3, 0.4) is 0 Å². The highest BCUT2D eigenvalue weighted by Crippen LogP contribution is 2.53. The molecule has 0 aliphatic heterocycles. The van der Waals surface area contributed by atoms with E-state index in [0.717, 1.165) is 22.3 Å². The van der Waals surface area contributed by atoms with E-state index < -0.39 is 0 Å². The summed E-state index contributed by atoms with van der Waals surface area (Å²) in [7, 11) is 0. The number of fused-ring (bicyclic) bond motifs is 4. The minimum atomic E-state index is 1.16. The van der Waals surface area contributed by atoms with Crippen LogP contribution < -0.4 is 0 Å². The van der Waals surface area contributed by atoms with E-state index in [-0.39, 0.29) is 0 Å². The van der Waals surface area contributed by atoms with Crippen LogP contribution >= 0.6 is 0 Å². The molecule has 0 heterocycles. The van der Waals surface area contributed by atoms with Gasteiger partial charge in [0.15, 0.2) is 0 Å². The van der Waals surface area contributed by atoms with Crippen LogP contribution in [-0.2, 0) is 0 Å². The molecule has 0 aliphatic carbocycles. The standard InChI is InChI=1S/C104H66/c1-5-21-79-61-83(53-41-67(79)17-1)71-33-45-75(46-34-71)87-25-9-13-29-91(87)99-65-100(92-30-14-10-26-88(92)76-47-35-72(36-48-76)84-54-42-68-18-2-6-22-80(68)62-84)96-59-60-98-102(94-32-16-12-28-90(94)78-51-39-74(40-52-78)86-56-44-70-20-4-8-24-82(70)64-86)66-101(97-58-57-95(99)103(96)104(97)98)93-31-15-11-27-89(93)77-49-37-73(38-50-77)85-55-43-69-19-3-7-23-81(69)63-85/h1-66H. The first kappa shape index (κ1) is 60.4. The molecule has 0 unspecified atom stereocenters. The Labute approximate surface area is 605 Å². The summed E-state index contributed by atoms with van der Waals surface area (Å²) in [4.78, 5) is 0. The van der Waals surface area contributed by atoms with Gasteiger partial charge in [-0.15, -0.1) is 0 Å². The molecule has 20 aromatic rings. The van der Waals surface area contributed by atoms with Gasteiger partial charge in [-0.1, -0.05) is 364 Å². The van der Waals surface area contributed by atoms with E-state index in [0.29, 0.717) is 0 Å². The molecule has 20 rings (SSSR count). The molecular formula is C104H66. The van der Waals surface area contributed by atoms with Gasteiger partial charge in [0.05, 0.1) is 0 Å². The van der Waals surface area contributed by atoms with Crippen LogP contribution in [0.1, 0.15) is 0 Å². The van der Waals surface area contributed by atoms with E-state index in [4.69, 9.17) is 0 Å². The van der Waals surface area contributed by atoms with Crippen molar-refractivity contribution in [3.8, 4) is 134 Å². The van der Waals surface area contributed by atoms with Gasteiger partial charge < -0.3 is 0 Å². The summed E-state index contributed by atoms with van der Waals surface area (Å²) in [6.45, 7) is 0. The SMILES string of the molecule is c1ccc(-c2cc(-c3ccccc3-c3ccc(-c4ccc5ccccc5c4)cc3)c3ccc4c(-c5ccccc5-c5ccc(-c6ccc7ccccc7c6)cc5)cc(-c5ccccc5-c5ccc(-c6ccc7ccccc7c6)cc5)c5ccc2c3c54)c(-c2ccc(-c3ccc4ccccc4c3)cc2)c1. The molecule has 0 atom stereocenters. The van der Waals surface area contributed by atoms with Crippen LogP contribution in [0.4, 0.5) is 0 Å². The van der Waals surface area contributed by atoms with Gasteiger partial charge in [-0.25, -0.2) is 0 Å². The van der Waals surface area contributed by atoms with Crippen molar-refractivity contribution in [1.29, 1.82) is 0 Å². The predicted molar refractivity (Wildman–Crippen MR) is 445 cm³/mol. The zero-order chi connectivity index (χ0) is 68.6. The third-order valence-corrected chi connectivity index (χ3v) is 21.9. The monoisotopic (exact) mass is 1310 g/mol. The highest BCUT2D eigenvalue weighted by Gasteiger charge is 2.25. The first-order valence-electron chi connectivity index (χ1n) is 36.1. The lowest BCUT2D eigenvalue weighted by Crippen LogP contribution is -1.97. The fraction of sp³-hybridized carbons (Fsp3) is 0. The predicted octanol–water partition coefficient (Wildman–Crippen LogP) is 29.2. The summed E-state index contributed by atoms with van der Waals surface area (Å²) in [6, 6.07) is 150. The summed E-state index contributed by atoms with van der Waals surface area (Å²) in [5, 5.41) is 17.2. The van der Waals surface area contributed by atoms with E-state index in [2.05, 4.69) is 400 Å². The van der Waals surface area contributed by atoms with E-state index >= 15 is 0 Å². The van der Waals surface area contributed by atoms with Crippen molar-refractivity contribution in [1.82, 2.24) is 0 Å². The van der Waals surface area contributed by atoms with Gasteiger partial charge in [-0.3, -0.25) is 0 Å². The van der Waals surface area contributed by atoms with Gasteiger partial charge in [0.1, 0.15) is 0 Å². The topological polar surface area (TPSA) is 0 Å². The van der Waals surface area contributed by atoms with E-state index in [1.165, 1.54) is 187 Å². The Morgan fingerprint density at radius 1 is 0.0962 bits per heavy atom. The second-order valence-corrected chi connectivity index (χ2v) is 27.8. The molecular weight excluding hydrogens is 1250 g/mol. The molecule has 0 radical (unpaired) electrons. The molecule has 0 bridgehead atoms. The van der Waals surface area contributed by atoms with Crippen LogP contribution in [0.2, 0.25) is 0 Å². The van der Waals surface area contributed by atoms with Gasteiger partial charge in [-0.2, -0.15) is 0 Å². The van der Waals surface area contributed by atoms with Gasteiger partial charge in [-0.05, 0) is 245 Å². The second-order valence-electron chi connectivity index (χ2n) is 27.8. The first-order chi connectivity index (χ1) is 51.5. The molecule has 0 saturated carbocycles. The minimum absolute atomic E-state index is 1.16.